The maximum atomic E-state index is 13.6. The molecule has 1 aliphatic rings. The van der Waals surface area contributed by atoms with Crippen LogP contribution in [0.1, 0.15) is 39.5 Å². The van der Waals surface area contributed by atoms with Crippen molar-refractivity contribution in [2.24, 2.45) is 0 Å². The molecule has 0 spiro atoms. The van der Waals surface area contributed by atoms with E-state index in [1.54, 1.807) is 13.2 Å². The van der Waals surface area contributed by atoms with Crippen LogP contribution in [-0.4, -0.2) is 72.3 Å². The van der Waals surface area contributed by atoms with E-state index in [9.17, 15) is 4.39 Å². The van der Waals surface area contributed by atoms with E-state index in [2.05, 4.69) is 38.9 Å². The number of fused-ring (bicyclic) bond motifs is 1. The Balaban J connectivity index is 1.43. The summed E-state index contributed by atoms with van der Waals surface area (Å²) in [5, 5.41) is 4.03. The van der Waals surface area contributed by atoms with Gasteiger partial charge in [0.25, 0.3) is 0 Å². The Bertz CT molecular complexity index is 1170. The molecule has 0 bridgehead atoms. The summed E-state index contributed by atoms with van der Waals surface area (Å²) in [4.78, 5) is 13.9. The molecule has 1 fully saturated rings. The van der Waals surface area contributed by atoms with Gasteiger partial charge in [-0.25, -0.2) is 14.4 Å². The number of methoxy groups -OCH3 is 1. The topological polar surface area (TPSA) is 62.8 Å². The molecule has 4 rings (SSSR count). The molecule has 2 heterocycles. The lowest BCUT2D eigenvalue weighted by Gasteiger charge is -2.38. The molecule has 0 saturated carbocycles. The number of anilines is 2. The molecule has 1 aliphatic heterocycles. The van der Waals surface area contributed by atoms with E-state index in [-0.39, 0.29) is 5.02 Å². The van der Waals surface area contributed by atoms with Gasteiger partial charge >= 0.3 is 0 Å². The van der Waals surface area contributed by atoms with Crippen LogP contribution in [-0.2, 0) is 0 Å². The Morgan fingerprint density at radius 2 is 1.92 bits per heavy atom. The Labute approximate surface area is 223 Å². The average Bonchev–Trinajstić information content (AvgIpc) is 2.92. The van der Waals surface area contributed by atoms with Crippen LogP contribution in [0.3, 0.4) is 0 Å². The van der Waals surface area contributed by atoms with Crippen LogP contribution >= 0.6 is 11.6 Å². The number of nitrogens with one attached hydrogen (secondary N) is 1. The molecule has 1 aromatic heterocycles. The minimum atomic E-state index is -0.468. The van der Waals surface area contributed by atoms with Crippen LogP contribution in [0.5, 0.6) is 11.5 Å². The number of nitrogens with zero attached hydrogens (tertiary/aromatic N) is 4. The first-order chi connectivity index (χ1) is 18.0. The molecule has 0 unspecified atom stereocenters. The van der Waals surface area contributed by atoms with Crippen molar-refractivity contribution in [1.29, 1.82) is 0 Å². The summed E-state index contributed by atoms with van der Waals surface area (Å²) >= 11 is 5.95. The molecule has 0 atom stereocenters. The van der Waals surface area contributed by atoms with E-state index < -0.39 is 5.82 Å². The third kappa shape index (κ3) is 7.00. The number of aromatic nitrogens is 2. The van der Waals surface area contributed by atoms with Crippen molar-refractivity contribution in [2.75, 3.05) is 51.8 Å². The molecular weight excluding hydrogens is 493 g/mol. The molecule has 0 amide bonds. The Hall–Kier alpha value is -2.68. The smallest absolute Gasteiger partial charge is 0.162 e. The van der Waals surface area contributed by atoms with Crippen molar-refractivity contribution in [3.05, 3.63) is 47.5 Å². The Kier molecular flexibility index (Phi) is 9.77. The number of hydrogen-bond acceptors (Lipinski definition) is 7. The number of piperidine rings is 1. The molecule has 0 radical (unpaired) electrons. The second-order valence-electron chi connectivity index (χ2n) is 9.40. The first kappa shape index (κ1) is 27.4. The molecule has 37 heavy (non-hydrogen) atoms. The summed E-state index contributed by atoms with van der Waals surface area (Å²) < 4.78 is 25.4. The van der Waals surface area contributed by atoms with E-state index >= 15 is 0 Å². The van der Waals surface area contributed by atoms with Gasteiger partial charge in [0.05, 0.1) is 24.3 Å². The van der Waals surface area contributed by atoms with Gasteiger partial charge in [0.15, 0.2) is 11.5 Å². The number of benzene rings is 2. The summed E-state index contributed by atoms with van der Waals surface area (Å²) in [6.07, 6.45) is 6.04. The Morgan fingerprint density at radius 1 is 1.11 bits per heavy atom. The number of likely N-dealkylation sites (tertiary alicyclic amines) is 1. The zero-order valence-corrected chi connectivity index (χ0v) is 22.7. The largest absolute Gasteiger partial charge is 0.493 e. The quantitative estimate of drug-likeness (QED) is 0.283. The van der Waals surface area contributed by atoms with Gasteiger partial charge in [-0.05, 0) is 76.1 Å². The van der Waals surface area contributed by atoms with E-state index in [1.165, 1.54) is 44.4 Å². The number of halogens is 2. The SMILES string of the molecule is CCCN(CCCOc1cc2c(Nc3ccc(F)c(Cl)c3)ncnc2cc1OC)C1CCN(CC)CC1. The van der Waals surface area contributed by atoms with Gasteiger partial charge in [-0.3, -0.25) is 0 Å². The molecule has 7 nitrogen and oxygen atoms in total. The molecule has 1 saturated heterocycles. The minimum absolute atomic E-state index is 0.0436. The van der Waals surface area contributed by atoms with E-state index in [0.29, 0.717) is 41.2 Å². The number of hydrogen-bond donors (Lipinski definition) is 1. The number of rotatable bonds is 12. The van der Waals surface area contributed by atoms with Gasteiger partial charge in [-0.1, -0.05) is 25.4 Å². The van der Waals surface area contributed by atoms with Crippen molar-refractivity contribution in [3.63, 3.8) is 0 Å². The first-order valence-corrected chi connectivity index (χ1v) is 13.5. The highest BCUT2D eigenvalue weighted by Gasteiger charge is 2.23. The minimum Gasteiger partial charge on any atom is -0.493 e. The van der Waals surface area contributed by atoms with Gasteiger partial charge in [-0.2, -0.15) is 0 Å². The summed E-state index contributed by atoms with van der Waals surface area (Å²) in [6.45, 7) is 10.7. The van der Waals surface area contributed by atoms with E-state index in [1.807, 2.05) is 12.1 Å². The summed E-state index contributed by atoms with van der Waals surface area (Å²) in [5.41, 5.74) is 1.34. The monoisotopic (exact) mass is 529 g/mol. The first-order valence-electron chi connectivity index (χ1n) is 13.2. The van der Waals surface area contributed by atoms with Crippen LogP contribution in [0.25, 0.3) is 10.9 Å². The van der Waals surface area contributed by atoms with Crippen molar-refractivity contribution in [3.8, 4) is 11.5 Å². The zero-order chi connectivity index (χ0) is 26.2. The lowest BCUT2D eigenvalue weighted by molar-refractivity contribution is 0.105. The van der Waals surface area contributed by atoms with Crippen LogP contribution in [0.15, 0.2) is 36.7 Å². The van der Waals surface area contributed by atoms with Gasteiger partial charge in [0, 0.05) is 29.7 Å². The highest BCUT2D eigenvalue weighted by molar-refractivity contribution is 6.31. The fraction of sp³-hybridized carbons (Fsp3) is 0.500. The second-order valence-corrected chi connectivity index (χ2v) is 9.81. The third-order valence-electron chi connectivity index (χ3n) is 6.98. The predicted molar refractivity (Wildman–Crippen MR) is 148 cm³/mol. The van der Waals surface area contributed by atoms with Crippen molar-refractivity contribution >= 4 is 34.0 Å². The molecule has 2 aromatic carbocycles. The zero-order valence-electron chi connectivity index (χ0n) is 22.0. The van der Waals surface area contributed by atoms with Gasteiger partial charge in [0.1, 0.15) is 18.0 Å². The van der Waals surface area contributed by atoms with Gasteiger partial charge < -0.3 is 24.6 Å². The molecule has 0 aliphatic carbocycles. The lowest BCUT2D eigenvalue weighted by Crippen LogP contribution is -2.45. The second kappa shape index (κ2) is 13.2. The summed E-state index contributed by atoms with van der Waals surface area (Å²) in [6, 6.07) is 8.86. The Morgan fingerprint density at radius 3 is 2.62 bits per heavy atom. The fourth-order valence-corrected chi connectivity index (χ4v) is 5.14. The number of ether oxygens (including phenoxy) is 2. The van der Waals surface area contributed by atoms with Gasteiger partial charge in [-0.15, -0.1) is 0 Å². The summed E-state index contributed by atoms with van der Waals surface area (Å²) in [7, 11) is 1.63. The van der Waals surface area contributed by atoms with Crippen LogP contribution < -0.4 is 14.8 Å². The maximum Gasteiger partial charge on any atom is 0.162 e. The molecule has 9 heteroatoms. The highest BCUT2D eigenvalue weighted by atomic mass is 35.5. The molecule has 200 valence electrons. The maximum absolute atomic E-state index is 13.6. The molecular formula is C28H37ClFN5O2. The third-order valence-corrected chi connectivity index (χ3v) is 7.27. The van der Waals surface area contributed by atoms with Gasteiger partial charge in [0.2, 0.25) is 0 Å². The fourth-order valence-electron chi connectivity index (χ4n) is 4.96. The van der Waals surface area contributed by atoms with Crippen molar-refractivity contribution in [1.82, 2.24) is 19.8 Å². The molecule has 1 N–H and O–H groups in total. The van der Waals surface area contributed by atoms with E-state index in [4.69, 9.17) is 21.1 Å². The average molecular weight is 530 g/mol. The normalized spacial score (nSPS) is 14.9. The standard InChI is InChI=1S/C28H37ClFN5O2/c1-4-11-35(21-9-13-34(5-2)14-10-21)12-6-15-37-27-17-22-25(18-26(27)36-3)31-19-32-28(22)33-20-7-8-24(30)23(29)16-20/h7-8,16-19,21H,4-6,9-15H2,1-3H3,(H,31,32,33). The highest BCUT2D eigenvalue weighted by Crippen LogP contribution is 2.35. The van der Waals surface area contributed by atoms with Crippen molar-refractivity contribution in [2.45, 2.75) is 45.6 Å². The predicted octanol–water partition coefficient (Wildman–Crippen LogP) is 6.14. The van der Waals surface area contributed by atoms with E-state index in [0.717, 1.165) is 37.9 Å². The van der Waals surface area contributed by atoms with Crippen molar-refractivity contribution < 1.29 is 13.9 Å². The lowest BCUT2D eigenvalue weighted by atomic mass is 10.0. The van der Waals surface area contributed by atoms with Crippen LogP contribution in [0.4, 0.5) is 15.9 Å². The van der Waals surface area contributed by atoms with Crippen LogP contribution in [0.2, 0.25) is 5.02 Å². The van der Waals surface area contributed by atoms with Crippen LogP contribution in [0, 0.1) is 5.82 Å². The summed E-state index contributed by atoms with van der Waals surface area (Å²) in [5.74, 6) is 1.37. The molecule has 3 aromatic rings.